The zero-order valence-electron chi connectivity index (χ0n) is 20.4. The highest BCUT2D eigenvalue weighted by molar-refractivity contribution is 6.30. The van der Waals surface area contributed by atoms with E-state index in [0.29, 0.717) is 16.5 Å². The molecule has 5 nitrogen and oxygen atoms in total. The lowest BCUT2D eigenvalue weighted by Crippen LogP contribution is -2.43. The molecule has 0 aliphatic heterocycles. The van der Waals surface area contributed by atoms with Gasteiger partial charge in [-0.2, -0.15) is 13.2 Å². The highest BCUT2D eigenvalue weighted by atomic mass is 35.5. The lowest BCUT2D eigenvalue weighted by molar-refractivity contribution is -0.183. The Bertz CT molecular complexity index is 1170. The molecule has 0 saturated carbocycles. The molecule has 0 radical (unpaired) electrons. The van der Waals surface area contributed by atoms with E-state index in [1.807, 2.05) is 55.6 Å². The third-order valence-electron chi connectivity index (χ3n) is 5.96. The Hall–Kier alpha value is -3.07. The molecule has 0 aromatic heterocycles. The minimum absolute atomic E-state index is 0.104. The third kappa shape index (κ3) is 8.48. The quantitative estimate of drug-likeness (QED) is 0.248. The molecule has 0 aliphatic rings. The van der Waals surface area contributed by atoms with Crippen molar-refractivity contribution in [3.8, 4) is 5.75 Å². The minimum atomic E-state index is -5.31. The van der Waals surface area contributed by atoms with E-state index in [1.165, 1.54) is 12.1 Å². The van der Waals surface area contributed by atoms with Crippen LogP contribution in [0.3, 0.4) is 0 Å². The number of nitrogens with zero attached hydrogens (tertiary/aromatic N) is 1. The third-order valence-corrected chi connectivity index (χ3v) is 6.47. The van der Waals surface area contributed by atoms with Crippen molar-refractivity contribution in [1.29, 1.82) is 0 Å². The second kappa shape index (κ2) is 13.1. The van der Waals surface area contributed by atoms with E-state index in [2.05, 4.69) is 4.90 Å². The van der Waals surface area contributed by atoms with E-state index in [1.54, 1.807) is 12.1 Å². The molecule has 1 atom stereocenters. The average molecular weight is 568 g/mol. The predicted octanol–water partition coefficient (Wildman–Crippen LogP) is 6.65. The fourth-order valence-corrected chi connectivity index (χ4v) is 4.24. The summed E-state index contributed by atoms with van der Waals surface area (Å²) in [6, 6.07) is 21.5. The number of hydrogen-bond acceptors (Lipinski definition) is 4. The van der Waals surface area contributed by atoms with Crippen LogP contribution >= 0.6 is 23.2 Å². The summed E-state index contributed by atoms with van der Waals surface area (Å²) in [4.78, 5) is 24.6. The number of carbonyl (C=O) groups is 2. The predicted molar refractivity (Wildman–Crippen MR) is 140 cm³/mol. The minimum Gasteiger partial charge on any atom is -0.478 e. The van der Waals surface area contributed by atoms with E-state index >= 15 is 0 Å². The number of rotatable bonds is 12. The molecule has 0 aliphatic carbocycles. The van der Waals surface area contributed by atoms with Crippen LogP contribution in [0.15, 0.2) is 72.8 Å². The Morgan fingerprint density at radius 3 is 1.84 bits per heavy atom. The average Bonchev–Trinajstić information content (AvgIpc) is 2.87. The molecule has 1 N–H and O–H groups in total. The van der Waals surface area contributed by atoms with Gasteiger partial charge >= 0.3 is 12.1 Å². The van der Waals surface area contributed by atoms with Crippen LogP contribution in [0.4, 0.5) is 13.2 Å². The molecule has 0 bridgehead atoms. The summed E-state index contributed by atoms with van der Waals surface area (Å²) in [5.74, 6) is -4.50. The molecule has 3 aromatic rings. The number of Topliss-reactive ketones (excluding diaryl/α,β-unsaturated/α-hetero) is 1. The van der Waals surface area contributed by atoms with Crippen LogP contribution in [0.25, 0.3) is 0 Å². The zero-order chi connectivity index (χ0) is 27.9. The highest BCUT2D eigenvalue weighted by Gasteiger charge is 2.48. The van der Waals surface area contributed by atoms with Gasteiger partial charge in [0.05, 0.1) is 0 Å². The van der Waals surface area contributed by atoms with Crippen molar-refractivity contribution >= 4 is 35.0 Å². The van der Waals surface area contributed by atoms with Crippen LogP contribution < -0.4 is 4.74 Å². The van der Waals surface area contributed by atoms with Gasteiger partial charge in [-0.3, -0.25) is 4.79 Å². The molecule has 0 spiro atoms. The molecular formula is C28H26Cl2F3NO4. The fraction of sp³-hybridized carbons (Fsp3) is 0.286. The first-order valence-corrected chi connectivity index (χ1v) is 12.5. The number of hydrogen-bond donors (Lipinski definition) is 1. The summed E-state index contributed by atoms with van der Waals surface area (Å²) in [7, 11) is 2.03. The summed E-state index contributed by atoms with van der Waals surface area (Å²) < 4.78 is 42.7. The van der Waals surface area contributed by atoms with Crippen molar-refractivity contribution in [2.45, 2.75) is 31.0 Å². The lowest BCUT2D eigenvalue weighted by atomic mass is 9.91. The molecule has 0 saturated heterocycles. The Kier molecular flexibility index (Phi) is 10.2. The van der Waals surface area contributed by atoms with Crippen LogP contribution in [0, 0.1) is 0 Å². The van der Waals surface area contributed by atoms with Gasteiger partial charge in [0.1, 0.15) is 5.75 Å². The maximum absolute atomic E-state index is 12.6. The van der Waals surface area contributed by atoms with Crippen LogP contribution in [0.2, 0.25) is 10.0 Å². The monoisotopic (exact) mass is 567 g/mol. The van der Waals surface area contributed by atoms with E-state index in [4.69, 9.17) is 33.0 Å². The summed E-state index contributed by atoms with van der Waals surface area (Å²) >= 11 is 12.1. The van der Waals surface area contributed by atoms with Gasteiger partial charge in [-0.05, 0) is 79.5 Å². The van der Waals surface area contributed by atoms with E-state index in [9.17, 15) is 22.8 Å². The summed E-state index contributed by atoms with van der Waals surface area (Å²) in [6.07, 6.45) is -6.48. The van der Waals surface area contributed by atoms with Crippen molar-refractivity contribution in [2.24, 2.45) is 0 Å². The van der Waals surface area contributed by atoms with Gasteiger partial charge in [-0.15, -0.1) is 0 Å². The Morgan fingerprint density at radius 2 is 1.39 bits per heavy atom. The number of aryl methyl sites for hydroxylation is 1. The Balaban J connectivity index is 1.57. The second-order valence-corrected chi connectivity index (χ2v) is 9.74. The first kappa shape index (κ1) is 29.5. The highest BCUT2D eigenvalue weighted by Crippen LogP contribution is 2.28. The lowest BCUT2D eigenvalue weighted by Gasteiger charge is -2.25. The zero-order valence-corrected chi connectivity index (χ0v) is 21.9. The van der Waals surface area contributed by atoms with Gasteiger partial charge in [0.15, 0.2) is 0 Å². The molecule has 0 heterocycles. The molecular weight excluding hydrogens is 542 g/mol. The van der Waals surface area contributed by atoms with Crippen molar-refractivity contribution in [2.75, 3.05) is 20.1 Å². The van der Waals surface area contributed by atoms with Crippen LogP contribution in [0.1, 0.15) is 29.0 Å². The van der Waals surface area contributed by atoms with Crippen molar-refractivity contribution in [1.82, 2.24) is 4.90 Å². The number of likely N-dealkylation sites (N-methyl/N-ethyl adjacent to an activating group) is 1. The molecule has 0 fully saturated rings. The molecule has 3 aromatic carbocycles. The fourth-order valence-electron chi connectivity index (χ4n) is 3.98. The van der Waals surface area contributed by atoms with Crippen LogP contribution in [-0.4, -0.2) is 54.2 Å². The Labute approximate surface area is 228 Å². The SMILES string of the molecule is CN(CCCc1ccc(OC(C(=O)O)C(=O)C(F)(F)F)cc1)CC(c1ccc(Cl)cc1)c1ccc(Cl)cc1. The van der Waals surface area contributed by atoms with Gasteiger partial charge in [-0.25, -0.2) is 4.79 Å². The summed E-state index contributed by atoms with van der Waals surface area (Å²) in [5, 5.41) is 10.3. The number of carboxylic acids is 1. The normalized spacial score (nSPS) is 12.5. The van der Waals surface area contributed by atoms with Gasteiger partial charge in [0.2, 0.25) is 0 Å². The summed E-state index contributed by atoms with van der Waals surface area (Å²) in [5.41, 5.74) is 3.15. The largest absolute Gasteiger partial charge is 0.478 e. The van der Waals surface area contributed by atoms with Gasteiger partial charge in [0, 0.05) is 22.5 Å². The van der Waals surface area contributed by atoms with Crippen molar-refractivity contribution in [3.63, 3.8) is 0 Å². The van der Waals surface area contributed by atoms with Crippen molar-refractivity contribution < 1.29 is 32.6 Å². The topological polar surface area (TPSA) is 66.8 Å². The smallest absolute Gasteiger partial charge is 0.454 e. The van der Waals surface area contributed by atoms with E-state index < -0.39 is 24.0 Å². The van der Waals surface area contributed by atoms with E-state index in [0.717, 1.165) is 36.2 Å². The van der Waals surface area contributed by atoms with Crippen LogP contribution in [-0.2, 0) is 16.0 Å². The number of alkyl halides is 3. The van der Waals surface area contributed by atoms with Gasteiger partial charge in [0.25, 0.3) is 11.9 Å². The number of benzene rings is 3. The molecule has 1 unspecified atom stereocenters. The molecule has 202 valence electrons. The number of halogens is 5. The van der Waals surface area contributed by atoms with E-state index in [-0.39, 0.29) is 11.7 Å². The number of ether oxygens (including phenoxy) is 1. The maximum atomic E-state index is 12.6. The maximum Gasteiger partial charge on any atom is 0.454 e. The number of carbonyl (C=O) groups excluding carboxylic acids is 1. The molecule has 10 heteroatoms. The van der Waals surface area contributed by atoms with Gasteiger partial charge in [-0.1, -0.05) is 59.6 Å². The number of ketones is 1. The van der Waals surface area contributed by atoms with Crippen molar-refractivity contribution in [3.05, 3.63) is 99.5 Å². The Morgan fingerprint density at radius 1 is 0.895 bits per heavy atom. The van der Waals surface area contributed by atoms with Crippen LogP contribution in [0.5, 0.6) is 5.75 Å². The first-order valence-electron chi connectivity index (χ1n) is 11.7. The second-order valence-electron chi connectivity index (χ2n) is 8.86. The first-order chi connectivity index (χ1) is 17.9. The number of aliphatic carboxylic acids is 1. The molecule has 38 heavy (non-hydrogen) atoms. The molecule has 0 amide bonds. The standard InChI is InChI=1S/C28H26Cl2F3NO4/c1-34(17-24(19-6-10-21(29)11-7-19)20-8-12-22(30)13-9-20)16-2-3-18-4-14-23(15-5-18)38-25(27(36)37)26(35)28(31,32)33/h4-15,24-25H,2-3,16-17H2,1H3,(H,36,37). The number of carboxylic acid groups (broad SMARTS) is 1. The van der Waals surface area contributed by atoms with Gasteiger partial charge < -0.3 is 14.7 Å². The summed E-state index contributed by atoms with van der Waals surface area (Å²) in [6.45, 7) is 1.52. The molecule has 3 rings (SSSR count).